The van der Waals surface area contributed by atoms with E-state index in [2.05, 4.69) is 27.2 Å². The molecule has 3 aromatic heterocycles. The Balaban J connectivity index is 0.000000272. The number of aliphatic hydroxyl groups is 1. The SMILES string of the molecule is C=C(C)Sc1ccc(F)cc1CC.CO.Nc1cc2sc(CNC(=O)C3CCc4ncc(NC=O)c(=O)n43)cc2cn1. The molecule has 1 aromatic carbocycles. The number of benzene rings is 1. The van der Waals surface area contributed by atoms with E-state index in [4.69, 9.17) is 10.8 Å². The molecule has 2 amide bonds. The Hall–Kier alpha value is -4.07. The standard InChI is InChI=1S/C17H16N6O3S.C11H13FS.CH4O/c18-14-4-13-9(5-19-14)3-10(27-13)6-21-16(25)12-1-2-15-20-7-11(22-8-24)17(26)23(12)15;1-4-9-7-10(12)5-6-11(9)13-8(2)3;1-2/h3-5,7-8,12H,1-2,6H2,(H2,18,19)(H,21,25)(H,22,24);5-7H,2,4H2,1,3H3;2H,1H3. The zero-order valence-electron chi connectivity index (χ0n) is 23.5. The fourth-order valence-electron chi connectivity index (χ4n) is 4.31. The first-order valence-corrected chi connectivity index (χ1v) is 14.6. The maximum absolute atomic E-state index is 12.8. The van der Waals surface area contributed by atoms with E-state index >= 15 is 0 Å². The third-order valence-electron chi connectivity index (χ3n) is 6.14. The molecule has 1 aliphatic rings. The third kappa shape index (κ3) is 8.02. The minimum Gasteiger partial charge on any atom is -0.400 e. The van der Waals surface area contributed by atoms with E-state index in [0.717, 1.165) is 43.9 Å². The molecule has 0 saturated carbocycles. The van der Waals surface area contributed by atoms with Crippen LogP contribution in [0, 0.1) is 5.82 Å². The van der Waals surface area contributed by atoms with Gasteiger partial charge in [0.1, 0.15) is 29.2 Å². The van der Waals surface area contributed by atoms with Gasteiger partial charge >= 0.3 is 0 Å². The molecule has 42 heavy (non-hydrogen) atoms. The number of carbonyl (C=O) groups is 2. The molecule has 5 rings (SSSR count). The monoisotopic (exact) mass is 612 g/mol. The summed E-state index contributed by atoms with van der Waals surface area (Å²) in [4.78, 5) is 47.1. The van der Waals surface area contributed by atoms with Gasteiger partial charge in [0.2, 0.25) is 12.3 Å². The van der Waals surface area contributed by atoms with Gasteiger partial charge in [0, 0.05) is 39.6 Å². The highest BCUT2D eigenvalue weighted by atomic mass is 32.2. The van der Waals surface area contributed by atoms with E-state index < -0.39 is 11.6 Å². The van der Waals surface area contributed by atoms with Crippen molar-refractivity contribution in [1.82, 2.24) is 19.9 Å². The van der Waals surface area contributed by atoms with Crippen LogP contribution in [0.1, 0.15) is 42.6 Å². The smallest absolute Gasteiger partial charge is 0.278 e. The number of nitrogen functional groups attached to an aromatic ring is 1. The molecule has 10 nitrogen and oxygen atoms in total. The summed E-state index contributed by atoms with van der Waals surface area (Å²) < 4.78 is 15.2. The van der Waals surface area contributed by atoms with Crippen LogP contribution in [0.25, 0.3) is 10.1 Å². The summed E-state index contributed by atoms with van der Waals surface area (Å²) in [7, 11) is 1.00. The fourth-order valence-corrected chi connectivity index (χ4v) is 6.18. The number of hydrogen-bond donors (Lipinski definition) is 4. The van der Waals surface area contributed by atoms with Gasteiger partial charge in [0.25, 0.3) is 5.56 Å². The van der Waals surface area contributed by atoms with E-state index in [-0.39, 0.29) is 17.4 Å². The predicted molar refractivity (Wildman–Crippen MR) is 166 cm³/mol. The van der Waals surface area contributed by atoms with Gasteiger partial charge < -0.3 is 21.5 Å². The average molecular weight is 613 g/mol. The summed E-state index contributed by atoms with van der Waals surface area (Å²) >= 11 is 3.13. The number of hydrogen-bond acceptors (Lipinski definition) is 9. The number of amides is 2. The Bertz CT molecular complexity index is 1640. The number of rotatable bonds is 8. The number of fused-ring (bicyclic) bond motifs is 2. The van der Waals surface area contributed by atoms with Crippen LogP contribution >= 0.6 is 23.1 Å². The van der Waals surface area contributed by atoms with Crippen LogP contribution in [0.3, 0.4) is 0 Å². The van der Waals surface area contributed by atoms with Gasteiger partial charge in [-0.1, -0.05) is 25.3 Å². The lowest BCUT2D eigenvalue weighted by Crippen LogP contribution is -2.36. The van der Waals surface area contributed by atoms with Crippen molar-refractivity contribution in [2.24, 2.45) is 0 Å². The van der Waals surface area contributed by atoms with Crippen molar-refractivity contribution >= 4 is 57.0 Å². The molecule has 1 atom stereocenters. The number of thiophene rings is 1. The van der Waals surface area contributed by atoms with Crippen molar-refractivity contribution in [2.75, 3.05) is 18.2 Å². The van der Waals surface area contributed by atoms with E-state index in [1.807, 2.05) is 26.0 Å². The normalized spacial score (nSPS) is 13.2. The van der Waals surface area contributed by atoms with E-state index in [9.17, 15) is 18.8 Å². The van der Waals surface area contributed by atoms with Crippen molar-refractivity contribution < 1.29 is 19.1 Å². The molecule has 0 spiro atoms. The first-order chi connectivity index (χ1) is 20.2. The van der Waals surface area contributed by atoms with Crippen molar-refractivity contribution in [3.63, 3.8) is 0 Å². The number of allylic oxidation sites excluding steroid dienone is 1. The number of pyridine rings is 1. The molecule has 1 aliphatic heterocycles. The molecule has 1 unspecified atom stereocenters. The topological polar surface area (TPSA) is 152 Å². The quantitative estimate of drug-likeness (QED) is 0.169. The summed E-state index contributed by atoms with van der Waals surface area (Å²) in [5.41, 5.74) is 6.38. The molecular formula is C29H33FN6O4S2. The molecule has 0 radical (unpaired) electrons. The molecule has 222 valence electrons. The second kappa shape index (κ2) is 15.2. The molecule has 0 saturated heterocycles. The molecule has 4 heterocycles. The van der Waals surface area contributed by atoms with Crippen molar-refractivity contribution in [2.45, 2.75) is 50.6 Å². The summed E-state index contributed by atoms with van der Waals surface area (Å²) in [6, 6.07) is 8.00. The van der Waals surface area contributed by atoms with Gasteiger partial charge in [0.05, 0.1) is 12.7 Å². The number of carbonyl (C=O) groups excluding carboxylic acids is 2. The number of aliphatic hydroxyl groups excluding tert-OH is 1. The number of aryl methyl sites for hydroxylation is 2. The summed E-state index contributed by atoms with van der Waals surface area (Å²) in [5.74, 6) is 0.577. The lowest BCUT2D eigenvalue weighted by atomic mass is 10.2. The predicted octanol–water partition coefficient (Wildman–Crippen LogP) is 4.43. The molecule has 4 aromatic rings. The van der Waals surface area contributed by atoms with Gasteiger partial charge in [-0.15, -0.1) is 11.3 Å². The zero-order chi connectivity index (χ0) is 30.8. The Morgan fingerprint density at radius 3 is 2.74 bits per heavy atom. The Morgan fingerprint density at radius 2 is 2.05 bits per heavy atom. The van der Waals surface area contributed by atoms with Gasteiger partial charge in [-0.05, 0) is 60.6 Å². The van der Waals surface area contributed by atoms with Crippen LogP contribution in [0.15, 0.2) is 63.9 Å². The largest absolute Gasteiger partial charge is 0.400 e. The van der Waals surface area contributed by atoms with Crippen LogP contribution in [0.4, 0.5) is 15.9 Å². The van der Waals surface area contributed by atoms with Crippen LogP contribution in [-0.4, -0.2) is 39.1 Å². The van der Waals surface area contributed by atoms with Crippen molar-refractivity contribution in [3.8, 4) is 0 Å². The van der Waals surface area contributed by atoms with Crippen molar-refractivity contribution in [1.29, 1.82) is 0 Å². The Kier molecular flexibility index (Phi) is 11.8. The number of anilines is 2. The van der Waals surface area contributed by atoms with E-state index in [1.165, 1.54) is 28.2 Å². The van der Waals surface area contributed by atoms with Gasteiger partial charge in [-0.3, -0.25) is 19.0 Å². The Morgan fingerprint density at radius 1 is 1.29 bits per heavy atom. The molecule has 13 heteroatoms. The van der Waals surface area contributed by atoms with Crippen LogP contribution in [0.2, 0.25) is 0 Å². The van der Waals surface area contributed by atoms with Crippen LogP contribution in [0.5, 0.6) is 0 Å². The number of nitrogens with two attached hydrogens (primary N) is 1. The summed E-state index contributed by atoms with van der Waals surface area (Å²) in [6.45, 7) is 8.14. The number of nitrogens with zero attached hydrogens (tertiary/aromatic N) is 3. The lowest BCUT2D eigenvalue weighted by molar-refractivity contribution is -0.124. The summed E-state index contributed by atoms with van der Waals surface area (Å²) in [5, 5.41) is 13.2. The van der Waals surface area contributed by atoms with Gasteiger partial charge in [0.15, 0.2) is 0 Å². The second-order valence-electron chi connectivity index (χ2n) is 9.07. The highest BCUT2D eigenvalue weighted by molar-refractivity contribution is 8.03. The summed E-state index contributed by atoms with van der Waals surface area (Å²) in [6.07, 6.45) is 5.31. The average Bonchev–Trinajstić information content (AvgIpc) is 3.60. The molecular weight excluding hydrogens is 579 g/mol. The molecule has 0 bridgehead atoms. The number of nitrogens with one attached hydrogen (secondary N) is 2. The maximum Gasteiger partial charge on any atom is 0.278 e. The highest BCUT2D eigenvalue weighted by Gasteiger charge is 2.31. The zero-order valence-corrected chi connectivity index (χ0v) is 25.2. The minimum atomic E-state index is -0.639. The number of aromatic nitrogens is 3. The van der Waals surface area contributed by atoms with Gasteiger partial charge in [-0.2, -0.15) is 0 Å². The van der Waals surface area contributed by atoms with Gasteiger partial charge in [-0.25, -0.2) is 14.4 Å². The number of halogens is 1. The molecule has 0 aliphatic carbocycles. The molecule has 0 fully saturated rings. The second-order valence-corrected chi connectivity index (χ2v) is 11.6. The van der Waals surface area contributed by atoms with Crippen LogP contribution in [-0.2, 0) is 29.0 Å². The van der Waals surface area contributed by atoms with E-state index in [1.54, 1.807) is 30.1 Å². The lowest BCUT2D eigenvalue weighted by Gasteiger charge is -2.14. The van der Waals surface area contributed by atoms with Crippen LogP contribution < -0.4 is 21.9 Å². The fraction of sp³-hybridized carbons (Fsp3) is 0.276. The maximum atomic E-state index is 12.8. The van der Waals surface area contributed by atoms with E-state index in [0.29, 0.717) is 37.4 Å². The first kappa shape index (κ1) is 32.4. The first-order valence-electron chi connectivity index (χ1n) is 13.0. The Labute approximate surface area is 250 Å². The minimum absolute atomic E-state index is 0.0584. The highest BCUT2D eigenvalue weighted by Crippen LogP contribution is 2.29. The third-order valence-corrected chi connectivity index (χ3v) is 8.20. The van der Waals surface area contributed by atoms with Crippen molar-refractivity contribution in [3.05, 3.63) is 86.6 Å². The molecule has 5 N–H and O–H groups in total. The number of thioether (sulfide) groups is 1.